The van der Waals surface area contributed by atoms with E-state index >= 15 is 0 Å². The molecule has 0 N–H and O–H groups in total. The molecule has 1 unspecified atom stereocenters. The van der Waals surface area contributed by atoms with E-state index in [4.69, 9.17) is 4.84 Å². The fourth-order valence-corrected chi connectivity index (χ4v) is 2.96. The van der Waals surface area contributed by atoms with Crippen molar-refractivity contribution in [3.05, 3.63) is 46.2 Å². The first-order valence-corrected chi connectivity index (χ1v) is 7.05. The quantitative estimate of drug-likeness (QED) is 0.786. The van der Waals surface area contributed by atoms with Crippen molar-refractivity contribution < 1.29 is 9.23 Å². The molecular formula is C14H14BrFN2O. The Bertz CT molecular complexity index is 555. The number of halogens is 2. The summed E-state index contributed by atoms with van der Waals surface area (Å²) in [7, 11) is 0. The topological polar surface area (TPSA) is 24.8 Å². The van der Waals surface area contributed by atoms with Crippen molar-refractivity contribution in [3.8, 4) is 0 Å². The number of benzene rings is 1. The molecule has 5 heteroatoms. The molecule has 3 nitrogen and oxygen atoms in total. The van der Waals surface area contributed by atoms with E-state index in [9.17, 15) is 4.39 Å². The van der Waals surface area contributed by atoms with Crippen LogP contribution in [0.4, 0.5) is 4.39 Å². The van der Waals surface area contributed by atoms with E-state index < -0.39 is 5.72 Å². The number of amidine groups is 1. The number of rotatable bonds is 1. The maximum Gasteiger partial charge on any atom is 0.234 e. The van der Waals surface area contributed by atoms with Gasteiger partial charge in [-0.05, 0) is 35.5 Å². The third-order valence-corrected chi connectivity index (χ3v) is 4.20. The minimum Gasteiger partial charge on any atom is -0.360 e. The van der Waals surface area contributed by atoms with Gasteiger partial charge in [-0.2, -0.15) is 0 Å². The van der Waals surface area contributed by atoms with Crippen LogP contribution in [0.5, 0.6) is 0 Å². The van der Waals surface area contributed by atoms with Gasteiger partial charge in [-0.1, -0.05) is 33.2 Å². The Morgan fingerprint density at radius 3 is 2.84 bits per heavy atom. The Kier molecular flexibility index (Phi) is 3.09. The zero-order valence-electron chi connectivity index (χ0n) is 10.6. The molecule has 100 valence electrons. The van der Waals surface area contributed by atoms with Crippen molar-refractivity contribution in [1.29, 1.82) is 0 Å². The van der Waals surface area contributed by atoms with Crippen LogP contribution >= 0.6 is 15.9 Å². The summed E-state index contributed by atoms with van der Waals surface area (Å²) in [6.07, 6.45) is 4.01. The number of oxime groups is 1. The van der Waals surface area contributed by atoms with Crippen LogP contribution in [0.2, 0.25) is 0 Å². The van der Waals surface area contributed by atoms with E-state index in [1.54, 1.807) is 12.1 Å². The molecule has 2 aliphatic rings. The van der Waals surface area contributed by atoms with Crippen LogP contribution in [-0.4, -0.2) is 17.3 Å². The molecule has 1 aromatic rings. The van der Waals surface area contributed by atoms with Crippen molar-refractivity contribution in [2.24, 2.45) is 5.16 Å². The molecule has 2 heterocycles. The normalized spacial score (nSPS) is 26.2. The standard InChI is InChI=1S/C14H14BrFN2O/c1-14(10-4-6-12(16)7-5-10)18-8-2-3-11(15)9-13(18)17-19-14/h4-7,9H,2-3,8H2,1H3. The van der Waals surface area contributed by atoms with Crippen LogP contribution in [-0.2, 0) is 10.6 Å². The predicted molar refractivity (Wildman–Crippen MR) is 75.2 cm³/mol. The fraction of sp³-hybridized carbons (Fsp3) is 0.357. The van der Waals surface area contributed by atoms with Crippen molar-refractivity contribution >= 4 is 21.8 Å². The molecule has 3 rings (SSSR count). The SMILES string of the molecule is CC1(c2ccc(F)cc2)ON=C2C=C(Br)CCCN21. The molecule has 0 aromatic heterocycles. The molecule has 0 bridgehead atoms. The number of fused-ring (bicyclic) bond motifs is 1. The summed E-state index contributed by atoms with van der Waals surface area (Å²) in [6, 6.07) is 6.39. The first-order valence-electron chi connectivity index (χ1n) is 6.25. The molecular weight excluding hydrogens is 311 g/mol. The minimum absolute atomic E-state index is 0.245. The van der Waals surface area contributed by atoms with Crippen LogP contribution in [0.25, 0.3) is 0 Å². The third kappa shape index (κ3) is 2.16. The number of hydrogen-bond donors (Lipinski definition) is 0. The van der Waals surface area contributed by atoms with Crippen LogP contribution in [0.1, 0.15) is 25.3 Å². The number of hydrogen-bond acceptors (Lipinski definition) is 3. The molecule has 2 aliphatic heterocycles. The lowest BCUT2D eigenvalue weighted by Gasteiger charge is -2.33. The predicted octanol–water partition coefficient (Wildman–Crippen LogP) is 3.72. The van der Waals surface area contributed by atoms with E-state index in [-0.39, 0.29) is 5.82 Å². The lowest BCUT2D eigenvalue weighted by Crippen LogP contribution is -2.43. The minimum atomic E-state index is -0.656. The van der Waals surface area contributed by atoms with Gasteiger partial charge in [0.25, 0.3) is 0 Å². The van der Waals surface area contributed by atoms with E-state index in [0.29, 0.717) is 0 Å². The Hall–Kier alpha value is -1.36. The summed E-state index contributed by atoms with van der Waals surface area (Å²) >= 11 is 3.53. The largest absolute Gasteiger partial charge is 0.360 e. The van der Waals surface area contributed by atoms with Crippen LogP contribution in [0.3, 0.4) is 0 Å². The highest BCUT2D eigenvalue weighted by Crippen LogP contribution is 2.37. The average molecular weight is 325 g/mol. The van der Waals surface area contributed by atoms with Gasteiger partial charge in [-0.3, -0.25) is 0 Å². The van der Waals surface area contributed by atoms with Gasteiger partial charge >= 0.3 is 0 Å². The van der Waals surface area contributed by atoms with Gasteiger partial charge in [0, 0.05) is 19.0 Å². The molecule has 1 atom stereocenters. The highest BCUT2D eigenvalue weighted by molar-refractivity contribution is 9.11. The molecule has 0 saturated carbocycles. The zero-order valence-corrected chi connectivity index (χ0v) is 12.2. The van der Waals surface area contributed by atoms with Gasteiger partial charge < -0.3 is 9.74 Å². The molecule has 19 heavy (non-hydrogen) atoms. The average Bonchev–Trinajstić information content (AvgIpc) is 2.59. The highest BCUT2D eigenvalue weighted by atomic mass is 79.9. The summed E-state index contributed by atoms with van der Waals surface area (Å²) in [5.74, 6) is 0.571. The Labute approximate surface area is 119 Å². The smallest absolute Gasteiger partial charge is 0.234 e. The summed E-state index contributed by atoms with van der Waals surface area (Å²) < 4.78 is 14.2. The van der Waals surface area contributed by atoms with Crippen molar-refractivity contribution in [2.75, 3.05) is 6.54 Å². The highest BCUT2D eigenvalue weighted by Gasteiger charge is 2.43. The van der Waals surface area contributed by atoms with Gasteiger partial charge in [-0.15, -0.1) is 0 Å². The first-order chi connectivity index (χ1) is 9.09. The maximum absolute atomic E-state index is 13.0. The summed E-state index contributed by atoms with van der Waals surface area (Å²) in [5.41, 5.74) is 0.246. The van der Waals surface area contributed by atoms with Crippen molar-refractivity contribution in [2.45, 2.75) is 25.5 Å². The second kappa shape index (κ2) is 4.63. The lowest BCUT2D eigenvalue weighted by atomic mass is 10.0. The van der Waals surface area contributed by atoms with E-state index in [2.05, 4.69) is 26.0 Å². The van der Waals surface area contributed by atoms with Crippen molar-refractivity contribution in [1.82, 2.24) is 4.90 Å². The Balaban J connectivity index is 1.97. The summed E-state index contributed by atoms with van der Waals surface area (Å²) in [6.45, 7) is 2.82. The number of allylic oxidation sites excluding steroid dienone is 1. The Morgan fingerprint density at radius 2 is 2.11 bits per heavy atom. The monoisotopic (exact) mass is 324 g/mol. The Morgan fingerprint density at radius 1 is 1.37 bits per heavy atom. The maximum atomic E-state index is 13.0. The molecule has 0 radical (unpaired) electrons. The molecule has 0 aliphatic carbocycles. The zero-order chi connectivity index (χ0) is 13.5. The summed E-state index contributed by atoms with van der Waals surface area (Å²) in [5, 5.41) is 4.16. The first kappa shape index (κ1) is 12.7. The second-order valence-electron chi connectivity index (χ2n) is 4.88. The van der Waals surface area contributed by atoms with Gasteiger partial charge in [-0.25, -0.2) is 4.39 Å². The van der Waals surface area contributed by atoms with Crippen LogP contribution in [0, 0.1) is 5.82 Å². The van der Waals surface area contributed by atoms with Gasteiger partial charge in [0.2, 0.25) is 5.72 Å². The van der Waals surface area contributed by atoms with Crippen LogP contribution < -0.4 is 0 Å². The lowest BCUT2D eigenvalue weighted by molar-refractivity contribution is -0.0903. The molecule has 0 fully saturated rings. The number of nitrogens with zero attached hydrogens (tertiary/aromatic N) is 2. The van der Waals surface area contributed by atoms with E-state index in [1.165, 1.54) is 12.1 Å². The fourth-order valence-electron chi connectivity index (χ4n) is 2.47. The molecule has 0 spiro atoms. The molecule has 0 saturated heterocycles. The van der Waals surface area contributed by atoms with E-state index in [1.807, 2.05) is 13.0 Å². The van der Waals surface area contributed by atoms with Gasteiger partial charge in [0.15, 0.2) is 5.84 Å². The van der Waals surface area contributed by atoms with Crippen LogP contribution in [0.15, 0.2) is 40.0 Å². The molecule has 1 aromatic carbocycles. The van der Waals surface area contributed by atoms with Gasteiger partial charge in [0.1, 0.15) is 5.82 Å². The van der Waals surface area contributed by atoms with E-state index in [0.717, 1.165) is 35.3 Å². The van der Waals surface area contributed by atoms with Crippen molar-refractivity contribution in [3.63, 3.8) is 0 Å². The van der Waals surface area contributed by atoms with Gasteiger partial charge in [0.05, 0.1) is 0 Å². The third-order valence-electron chi connectivity index (χ3n) is 3.57. The molecule has 0 amide bonds. The second-order valence-corrected chi connectivity index (χ2v) is 5.90. The summed E-state index contributed by atoms with van der Waals surface area (Å²) in [4.78, 5) is 7.76.